The standard InChI is InChI=1S/C26H37N3O6/c1-16(2)12-19(29(25(31)32)26(4,5)6)15-34-22-9-8-20-21-13-28(27-17(3)30)11-10-18(21)14-35-23(20)24(22)33-7/h8-11,13,16,18-19H,12,14-15H2,1-7H3,(H,27,30)(H,31,32)/t18?,19-/m0/s1. The van der Waals surface area contributed by atoms with E-state index in [1.807, 2.05) is 45.2 Å². The lowest BCUT2D eigenvalue weighted by Gasteiger charge is -2.40. The van der Waals surface area contributed by atoms with Gasteiger partial charge >= 0.3 is 6.09 Å². The maximum absolute atomic E-state index is 12.1. The van der Waals surface area contributed by atoms with Crippen molar-refractivity contribution in [1.29, 1.82) is 0 Å². The Labute approximate surface area is 207 Å². The van der Waals surface area contributed by atoms with Gasteiger partial charge in [0.25, 0.3) is 0 Å². The van der Waals surface area contributed by atoms with E-state index in [1.165, 1.54) is 11.8 Å². The number of hydrogen-bond donors (Lipinski definition) is 2. The topological polar surface area (TPSA) is 101 Å². The molecule has 3 rings (SSSR count). The van der Waals surface area contributed by atoms with Gasteiger partial charge in [-0.1, -0.05) is 19.9 Å². The van der Waals surface area contributed by atoms with E-state index < -0.39 is 11.6 Å². The molecule has 1 unspecified atom stereocenters. The maximum atomic E-state index is 12.1. The molecule has 35 heavy (non-hydrogen) atoms. The van der Waals surface area contributed by atoms with Crippen LogP contribution in [0.3, 0.4) is 0 Å². The number of methoxy groups -OCH3 is 1. The van der Waals surface area contributed by atoms with E-state index in [0.717, 1.165) is 11.1 Å². The summed E-state index contributed by atoms with van der Waals surface area (Å²) in [6.07, 6.45) is 5.35. The fraction of sp³-hybridized carbons (Fsp3) is 0.538. The van der Waals surface area contributed by atoms with Gasteiger partial charge in [-0.15, -0.1) is 0 Å². The first kappa shape index (κ1) is 26.2. The largest absolute Gasteiger partial charge is 0.490 e. The number of ether oxygens (including phenoxy) is 3. The second kappa shape index (κ2) is 10.5. The molecule has 0 aliphatic carbocycles. The second-order valence-corrected chi connectivity index (χ2v) is 10.3. The number of fused-ring (bicyclic) bond motifs is 3. The molecule has 1 aromatic rings. The van der Waals surface area contributed by atoms with Crippen molar-refractivity contribution in [2.45, 2.75) is 59.5 Å². The van der Waals surface area contributed by atoms with Crippen LogP contribution in [0.2, 0.25) is 0 Å². The molecule has 2 heterocycles. The number of nitrogens with one attached hydrogen (secondary N) is 1. The third-order valence-corrected chi connectivity index (χ3v) is 5.91. The number of amides is 2. The van der Waals surface area contributed by atoms with Crippen LogP contribution in [0.1, 0.15) is 53.5 Å². The van der Waals surface area contributed by atoms with Crippen molar-refractivity contribution < 1.29 is 28.9 Å². The first-order valence-corrected chi connectivity index (χ1v) is 11.9. The third kappa shape index (κ3) is 6.01. The van der Waals surface area contributed by atoms with Crippen LogP contribution < -0.4 is 19.6 Å². The molecule has 0 radical (unpaired) electrons. The number of benzene rings is 1. The van der Waals surface area contributed by atoms with Gasteiger partial charge in [-0.2, -0.15) is 0 Å². The normalized spacial score (nSPS) is 17.5. The molecule has 0 bridgehead atoms. The molecule has 192 valence electrons. The zero-order chi connectivity index (χ0) is 25.9. The first-order valence-electron chi connectivity index (χ1n) is 11.9. The SMILES string of the molecule is COc1c(OC[C@H](CC(C)C)N(C(=O)O)C(C)(C)C)ccc2c1OCC1C=CN(NC(C)=O)C=C21. The van der Waals surface area contributed by atoms with Crippen LogP contribution in [-0.4, -0.2) is 58.9 Å². The van der Waals surface area contributed by atoms with Crippen LogP contribution in [-0.2, 0) is 4.79 Å². The molecular formula is C26H37N3O6. The number of nitrogens with zero attached hydrogens (tertiary/aromatic N) is 2. The highest BCUT2D eigenvalue weighted by Crippen LogP contribution is 2.48. The van der Waals surface area contributed by atoms with Gasteiger partial charge < -0.3 is 19.3 Å². The van der Waals surface area contributed by atoms with Crippen LogP contribution >= 0.6 is 0 Å². The van der Waals surface area contributed by atoms with E-state index in [2.05, 4.69) is 19.3 Å². The van der Waals surface area contributed by atoms with Gasteiger partial charge in [0.2, 0.25) is 11.7 Å². The van der Waals surface area contributed by atoms with Crippen molar-refractivity contribution in [3.05, 3.63) is 36.2 Å². The fourth-order valence-corrected chi connectivity index (χ4v) is 4.62. The van der Waals surface area contributed by atoms with Gasteiger partial charge in [0, 0.05) is 36.3 Å². The summed E-state index contributed by atoms with van der Waals surface area (Å²) in [6, 6.07) is 3.39. The van der Waals surface area contributed by atoms with Crippen molar-refractivity contribution in [2.24, 2.45) is 11.8 Å². The van der Waals surface area contributed by atoms with Gasteiger partial charge in [0.1, 0.15) is 6.61 Å². The van der Waals surface area contributed by atoms with Gasteiger partial charge in [0.05, 0.1) is 19.8 Å². The molecule has 0 aromatic heterocycles. The molecular weight excluding hydrogens is 450 g/mol. The molecule has 2 atom stereocenters. The van der Waals surface area contributed by atoms with E-state index in [-0.39, 0.29) is 30.4 Å². The van der Waals surface area contributed by atoms with Gasteiger partial charge in [-0.25, -0.2) is 4.79 Å². The molecule has 9 nitrogen and oxygen atoms in total. The quantitative estimate of drug-likeness (QED) is 0.557. The number of carbonyl (C=O) groups is 2. The summed E-state index contributed by atoms with van der Waals surface area (Å²) in [5, 5.41) is 11.5. The van der Waals surface area contributed by atoms with Crippen LogP contribution in [0.4, 0.5) is 4.79 Å². The molecule has 0 spiro atoms. The summed E-state index contributed by atoms with van der Waals surface area (Å²) >= 11 is 0. The number of carboxylic acid groups (broad SMARTS) is 1. The third-order valence-electron chi connectivity index (χ3n) is 5.91. The smallest absolute Gasteiger partial charge is 0.408 e. The lowest BCUT2D eigenvalue weighted by molar-refractivity contribution is -0.121. The number of rotatable bonds is 8. The zero-order valence-electron chi connectivity index (χ0n) is 21.6. The van der Waals surface area contributed by atoms with Crippen LogP contribution in [0, 0.1) is 11.8 Å². The van der Waals surface area contributed by atoms with Crippen molar-refractivity contribution in [3.8, 4) is 17.2 Å². The maximum Gasteiger partial charge on any atom is 0.408 e. The zero-order valence-corrected chi connectivity index (χ0v) is 21.6. The molecule has 0 fully saturated rings. The lowest BCUT2D eigenvalue weighted by atomic mass is 9.89. The average molecular weight is 488 g/mol. The minimum atomic E-state index is -0.973. The fourth-order valence-electron chi connectivity index (χ4n) is 4.62. The highest BCUT2D eigenvalue weighted by Gasteiger charge is 2.35. The predicted molar refractivity (Wildman–Crippen MR) is 133 cm³/mol. The van der Waals surface area contributed by atoms with E-state index in [0.29, 0.717) is 30.3 Å². The Morgan fingerprint density at radius 2 is 2.03 bits per heavy atom. The highest BCUT2D eigenvalue weighted by atomic mass is 16.5. The monoisotopic (exact) mass is 487 g/mol. The molecule has 0 saturated carbocycles. The predicted octanol–water partition coefficient (Wildman–Crippen LogP) is 4.50. The number of carbonyl (C=O) groups excluding carboxylic acids is 1. The van der Waals surface area contributed by atoms with Crippen molar-refractivity contribution in [3.63, 3.8) is 0 Å². The summed E-state index contributed by atoms with van der Waals surface area (Å²) in [6.45, 7) is 11.8. The molecule has 9 heteroatoms. The van der Waals surface area contributed by atoms with E-state index >= 15 is 0 Å². The van der Waals surface area contributed by atoms with Crippen molar-refractivity contribution in [1.82, 2.24) is 15.3 Å². The summed E-state index contributed by atoms with van der Waals surface area (Å²) < 4.78 is 18.0. The Morgan fingerprint density at radius 3 is 2.60 bits per heavy atom. The number of hydrogen-bond acceptors (Lipinski definition) is 6. The summed E-state index contributed by atoms with van der Waals surface area (Å²) in [4.78, 5) is 25.1. The first-order chi connectivity index (χ1) is 16.4. The van der Waals surface area contributed by atoms with E-state index in [1.54, 1.807) is 18.3 Å². The van der Waals surface area contributed by atoms with Gasteiger partial charge in [-0.05, 0) is 50.8 Å². The van der Waals surface area contributed by atoms with Crippen LogP contribution in [0.15, 0.2) is 30.6 Å². The van der Waals surface area contributed by atoms with Crippen LogP contribution in [0.25, 0.3) is 5.57 Å². The van der Waals surface area contributed by atoms with Gasteiger partial charge in [0.15, 0.2) is 11.5 Å². The lowest BCUT2D eigenvalue weighted by Crippen LogP contribution is -2.53. The Morgan fingerprint density at radius 1 is 1.31 bits per heavy atom. The second-order valence-electron chi connectivity index (χ2n) is 10.3. The Balaban J connectivity index is 1.90. The molecule has 1 aromatic carbocycles. The minimum Gasteiger partial charge on any atom is -0.490 e. The highest BCUT2D eigenvalue weighted by molar-refractivity contribution is 5.80. The van der Waals surface area contributed by atoms with E-state index in [4.69, 9.17) is 14.2 Å². The molecule has 2 aliphatic rings. The summed E-state index contributed by atoms with van der Waals surface area (Å²) in [5.74, 6) is 1.69. The summed E-state index contributed by atoms with van der Waals surface area (Å²) in [5.41, 5.74) is 4.02. The van der Waals surface area contributed by atoms with Crippen LogP contribution in [0.5, 0.6) is 17.2 Å². The Bertz CT molecular complexity index is 1010. The van der Waals surface area contributed by atoms with Crippen molar-refractivity contribution in [2.75, 3.05) is 20.3 Å². The minimum absolute atomic E-state index is 0.0512. The van der Waals surface area contributed by atoms with E-state index in [9.17, 15) is 14.7 Å². The molecule has 2 amide bonds. The Kier molecular flexibility index (Phi) is 7.87. The molecule has 0 saturated heterocycles. The number of hydrazine groups is 1. The van der Waals surface area contributed by atoms with Gasteiger partial charge in [-0.3, -0.25) is 20.1 Å². The Hall–Kier alpha value is -3.36. The molecule has 2 aliphatic heterocycles. The molecule has 2 N–H and O–H groups in total. The van der Waals surface area contributed by atoms with Crippen molar-refractivity contribution >= 4 is 17.6 Å². The average Bonchev–Trinajstić information content (AvgIpc) is 2.74. The summed E-state index contributed by atoms with van der Waals surface area (Å²) in [7, 11) is 1.56.